The second kappa shape index (κ2) is 7.01. The first-order valence-electron chi connectivity index (χ1n) is 7.26. The smallest absolute Gasteiger partial charge is 0.274 e. The van der Waals surface area contributed by atoms with Crippen LogP contribution in [0.15, 0.2) is 16.9 Å². The van der Waals surface area contributed by atoms with Gasteiger partial charge in [0.2, 0.25) is 0 Å². The van der Waals surface area contributed by atoms with Crippen LogP contribution < -0.4 is 15.0 Å². The van der Waals surface area contributed by atoms with Crippen molar-refractivity contribution in [1.82, 2.24) is 9.78 Å². The zero-order valence-corrected chi connectivity index (χ0v) is 14.1. The Morgan fingerprint density at radius 1 is 1.18 bits per heavy atom. The second-order valence-electron chi connectivity index (χ2n) is 5.36. The van der Waals surface area contributed by atoms with Gasteiger partial charge in [-0.3, -0.25) is 4.79 Å². The third-order valence-electron chi connectivity index (χ3n) is 3.54. The summed E-state index contributed by atoms with van der Waals surface area (Å²) in [6.07, 6.45) is 0.699. The van der Waals surface area contributed by atoms with Gasteiger partial charge in [-0.2, -0.15) is 5.10 Å². The average Bonchev–Trinajstić information content (AvgIpc) is 2.52. The summed E-state index contributed by atoms with van der Waals surface area (Å²) in [5.74, 6) is 1.81. The molecule has 1 aromatic carbocycles. The lowest BCUT2D eigenvalue weighted by Crippen LogP contribution is -2.25. The van der Waals surface area contributed by atoms with Gasteiger partial charge in [-0.1, -0.05) is 13.8 Å². The number of hydrogen-bond acceptors (Lipinski definition) is 4. The van der Waals surface area contributed by atoms with Crippen molar-refractivity contribution in [2.24, 2.45) is 0 Å². The minimum Gasteiger partial charge on any atom is -0.493 e. The molecule has 0 aliphatic heterocycles. The Morgan fingerprint density at radius 3 is 2.27 bits per heavy atom. The number of halogens is 1. The number of methoxy groups -OCH3 is 2. The van der Waals surface area contributed by atoms with E-state index in [2.05, 4.69) is 18.9 Å². The highest BCUT2D eigenvalue weighted by atomic mass is 35.5. The number of ether oxygens (including phenoxy) is 2. The largest absolute Gasteiger partial charge is 0.493 e. The highest BCUT2D eigenvalue weighted by molar-refractivity contribution is 6.17. The first-order valence-corrected chi connectivity index (χ1v) is 7.79. The minimum atomic E-state index is -0.134. The Kier molecular flexibility index (Phi) is 5.29. The lowest BCUT2D eigenvalue weighted by atomic mass is 10.0. The molecule has 1 aromatic heterocycles. The van der Waals surface area contributed by atoms with E-state index >= 15 is 0 Å². The Hall–Kier alpha value is -1.75. The Bertz CT molecular complexity index is 725. The molecule has 0 N–H and O–H groups in total. The summed E-state index contributed by atoms with van der Waals surface area (Å²) in [7, 11) is 3.13. The molecule has 1 heterocycles. The molecule has 0 bridgehead atoms. The molecular formula is C16H21ClN2O3. The maximum Gasteiger partial charge on any atom is 0.274 e. The van der Waals surface area contributed by atoms with Gasteiger partial charge in [-0.15, -0.1) is 11.6 Å². The molecule has 120 valence electrons. The molecule has 0 atom stereocenters. The summed E-state index contributed by atoms with van der Waals surface area (Å²) in [4.78, 5) is 12.6. The zero-order valence-electron chi connectivity index (χ0n) is 13.4. The van der Waals surface area contributed by atoms with E-state index in [-0.39, 0.29) is 11.5 Å². The van der Waals surface area contributed by atoms with Crippen LogP contribution in [0.2, 0.25) is 0 Å². The first kappa shape index (κ1) is 16.6. The summed E-state index contributed by atoms with van der Waals surface area (Å²) < 4.78 is 12.1. The van der Waals surface area contributed by atoms with Gasteiger partial charge in [-0.25, -0.2) is 4.68 Å². The van der Waals surface area contributed by atoms with E-state index in [0.717, 1.165) is 11.1 Å². The van der Waals surface area contributed by atoms with Crippen molar-refractivity contribution in [3.8, 4) is 11.5 Å². The summed E-state index contributed by atoms with van der Waals surface area (Å²) in [6.45, 7) is 4.61. The van der Waals surface area contributed by atoms with Crippen molar-refractivity contribution < 1.29 is 9.47 Å². The van der Waals surface area contributed by atoms with E-state index in [4.69, 9.17) is 21.1 Å². The van der Waals surface area contributed by atoms with E-state index in [0.29, 0.717) is 35.7 Å². The molecule has 0 aliphatic rings. The summed E-state index contributed by atoms with van der Waals surface area (Å²) in [6, 6.07) is 3.55. The number of benzene rings is 1. The maximum atomic E-state index is 12.6. The fraction of sp³-hybridized carbons (Fsp3) is 0.500. The van der Waals surface area contributed by atoms with Crippen LogP contribution in [-0.2, 0) is 6.54 Å². The van der Waals surface area contributed by atoms with Crippen LogP contribution >= 0.6 is 11.6 Å². The van der Waals surface area contributed by atoms with Crippen molar-refractivity contribution in [3.05, 3.63) is 28.2 Å². The molecule has 0 unspecified atom stereocenters. The first-order chi connectivity index (χ1) is 10.5. The number of aryl methyl sites for hydroxylation is 1. The van der Waals surface area contributed by atoms with Crippen molar-refractivity contribution >= 4 is 22.4 Å². The third-order valence-corrected chi connectivity index (χ3v) is 3.81. The molecule has 5 nitrogen and oxygen atoms in total. The van der Waals surface area contributed by atoms with Gasteiger partial charge in [-0.05, 0) is 24.5 Å². The zero-order chi connectivity index (χ0) is 16.3. The predicted octanol–water partition coefficient (Wildman–Crippen LogP) is 3.17. The van der Waals surface area contributed by atoms with Crippen molar-refractivity contribution in [2.75, 3.05) is 20.1 Å². The average molecular weight is 325 g/mol. The van der Waals surface area contributed by atoms with Gasteiger partial charge in [0, 0.05) is 17.8 Å². The Labute approximate surface area is 134 Å². The monoisotopic (exact) mass is 324 g/mol. The standard InChI is InChI=1S/C16H21ClN2O3/c1-10(2)15-11-8-13(21-3)14(22-4)9-12(11)16(20)19(18-15)7-5-6-17/h8-10H,5-7H2,1-4H3. The van der Waals surface area contributed by atoms with Gasteiger partial charge in [0.25, 0.3) is 5.56 Å². The molecule has 0 spiro atoms. The van der Waals surface area contributed by atoms with Crippen LogP contribution in [0.4, 0.5) is 0 Å². The number of hydrogen-bond donors (Lipinski definition) is 0. The fourth-order valence-corrected chi connectivity index (χ4v) is 2.54. The third kappa shape index (κ3) is 3.04. The van der Waals surface area contributed by atoms with Crippen LogP contribution in [0.25, 0.3) is 10.8 Å². The van der Waals surface area contributed by atoms with Gasteiger partial charge in [0.15, 0.2) is 11.5 Å². The Morgan fingerprint density at radius 2 is 1.77 bits per heavy atom. The van der Waals surface area contributed by atoms with Crippen molar-refractivity contribution in [2.45, 2.75) is 32.7 Å². The van der Waals surface area contributed by atoms with Crippen molar-refractivity contribution in [3.63, 3.8) is 0 Å². The highest BCUT2D eigenvalue weighted by Gasteiger charge is 2.17. The van der Waals surface area contributed by atoms with E-state index in [1.165, 1.54) is 4.68 Å². The molecule has 0 saturated carbocycles. The van der Waals surface area contributed by atoms with Crippen LogP contribution in [0.3, 0.4) is 0 Å². The molecular weight excluding hydrogens is 304 g/mol. The molecule has 22 heavy (non-hydrogen) atoms. The van der Waals surface area contributed by atoms with Crippen molar-refractivity contribution in [1.29, 1.82) is 0 Å². The number of rotatable bonds is 6. The number of nitrogens with zero attached hydrogens (tertiary/aromatic N) is 2. The van der Waals surface area contributed by atoms with Crippen LogP contribution in [0.1, 0.15) is 31.9 Å². The lowest BCUT2D eigenvalue weighted by molar-refractivity contribution is 0.355. The topological polar surface area (TPSA) is 53.4 Å². The normalized spacial score (nSPS) is 11.2. The molecule has 2 aromatic rings. The van der Waals surface area contributed by atoms with Gasteiger partial charge in [0.1, 0.15) is 0 Å². The predicted molar refractivity (Wildman–Crippen MR) is 88.5 cm³/mol. The van der Waals surface area contributed by atoms with E-state index in [1.807, 2.05) is 6.07 Å². The van der Waals surface area contributed by atoms with Gasteiger partial charge in [0.05, 0.1) is 25.3 Å². The quantitative estimate of drug-likeness (QED) is 0.766. The maximum absolute atomic E-state index is 12.6. The molecule has 0 amide bonds. The van der Waals surface area contributed by atoms with Crippen LogP contribution in [-0.4, -0.2) is 29.9 Å². The molecule has 0 fully saturated rings. The highest BCUT2D eigenvalue weighted by Crippen LogP contribution is 2.33. The molecule has 0 radical (unpaired) electrons. The number of fused-ring (bicyclic) bond motifs is 1. The minimum absolute atomic E-state index is 0.134. The van der Waals surface area contributed by atoms with Crippen LogP contribution in [0, 0.1) is 0 Å². The number of aromatic nitrogens is 2. The Balaban J connectivity index is 2.78. The molecule has 0 saturated heterocycles. The fourth-order valence-electron chi connectivity index (χ4n) is 2.42. The van der Waals surface area contributed by atoms with E-state index in [1.54, 1.807) is 20.3 Å². The van der Waals surface area contributed by atoms with E-state index in [9.17, 15) is 4.79 Å². The summed E-state index contributed by atoms with van der Waals surface area (Å²) >= 11 is 5.73. The molecule has 2 rings (SSSR count). The van der Waals surface area contributed by atoms with Gasteiger partial charge < -0.3 is 9.47 Å². The SMILES string of the molecule is COc1cc2c(C(C)C)nn(CCCCl)c(=O)c2cc1OC. The second-order valence-corrected chi connectivity index (χ2v) is 5.74. The van der Waals surface area contributed by atoms with Gasteiger partial charge >= 0.3 is 0 Å². The summed E-state index contributed by atoms with van der Waals surface area (Å²) in [5, 5.41) is 5.91. The lowest BCUT2D eigenvalue weighted by Gasteiger charge is -2.15. The molecule has 6 heteroatoms. The number of alkyl halides is 1. The summed E-state index contributed by atoms with van der Waals surface area (Å²) in [5.41, 5.74) is 0.732. The van der Waals surface area contributed by atoms with E-state index < -0.39 is 0 Å². The molecule has 0 aliphatic carbocycles. The van der Waals surface area contributed by atoms with Crippen LogP contribution in [0.5, 0.6) is 11.5 Å².